The standard InChI is InChI=1S/C27H27F3N4/c1-3-18-14-16(2)24(32-23(18)15-17-12-13-17)33-26-20-9-5-7-11-22(20)31-25(34-26)19-8-4-6-10-21(19)27(28,29)30/h4-11,17-18H,3,12-15H2,1-2H3,(H,31,33,34). The number of hydrogen-bond acceptors (Lipinski definition) is 4. The van der Waals surface area contributed by atoms with Gasteiger partial charge >= 0.3 is 6.18 Å². The van der Waals surface area contributed by atoms with Gasteiger partial charge in [-0.15, -0.1) is 0 Å². The van der Waals surface area contributed by atoms with Crippen LogP contribution in [0.15, 0.2) is 64.9 Å². The SMILES string of the molecule is CCC1CC(C)=C(Nc2nc(-c3ccccc3C(F)(F)F)nc3ccccc23)N=C1CC1CC1. The van der Waals surface area contributed by atoms with Crippen LogP contribution >= 0.6 is 0 Å². The van der Waals surface area contributed by atoms with E-state index in [4.69, 9.17) is 4.99 Å². The van der Waals surface area contributed by atoms with Gasteiger partial charge in [-0.1, -0.05) is 37.3 Å². The highest BCUT2D eigenvalue weighted by atomic mass is 19.4. The first-order chi connectivity index (χ1) is 16.3. The van der Waals surface area contributed by atoms with Gasteiger partial charge in [0.05, 0.1) is 11.1 Å². The second-order valence-electron chi connectivity index (χ2n) is 9.27. The number of allylic oxidation sites excluding steroid dienone is 1. The first-order valence-corrected chi connectivity index (χ1v) is 11.8. The number of fused-ring (bicyclic) bond motifs is 1. The summed E-state index contributed by atoms with van der Waals surface area (Å²) in [5.41, 5.74) is 2.14. The summed E-state index contributed by atoms with van der Waals surface area (Å²) in [5, 5.41) is 4.11. The Balaban J connectivity index is 1.59. The van der Waals surface area contributed by atoms with E-state index in [1.165, 1.54) is 30.7 Å². The highest BCUT2D eigenvalue weighted by molar-refractivity contribution is 5.93. The molecule has 0 bridgehead atoms. The summed E-state index contributed by atoms with van der Waals surface area (Å²) in [6, 6.07) is 12.8. The number of anilines is 1. The van der Waals surface area contributed by atoms with Crippen LogP contribution in [0.1, 0.15) is 51.5 Å². The van der Waals surface area contributed by atoms with Crippen molar-refractivity contribution in [1.29, 1.82) is 0 Å². The molecule has 1 unspecified atom stereocenters. The van der Waals surface area contributed by atoms with Crippen molar-refractivity contribution in [3.8, 4) is 11.4 Å². The number of aliphatic imine (C=N–C) groups is 1. The number of nitrogens with zero attached hydrogens (tertiary/aromatic N) is 3. The Morgan fingerprint density at radius 2 is 1.74 bits per heavy atom. The molecule has 2 aliphatic rings. The molecule has 1 aliphatic heterocycles. The minimum Gasteiger partial charge on any atom is -0.324 e. The molecule has 1 aromatic heterocycles. The summed E-state index contributed by atoms with van der Waals surface area (Å²) >= 11 is 0. The number of nitrogens with one attached hydrogen (secondary N) is 1. The third-order valence-electron chi connectivity index (χ3n) is 6.68. The first kappa shape index (κ1) is 22.6. The zero-order valence-corrected chi connectivity index (χ0v) is 19.3. The Morgan fingerprint density at radius 3 is 2.47 bits per heavy atom. The number of aromatic nitrogens is 2. The fourth-order valence-electron chi connectivity index (χ4n) is 4.59. The van der Waals surface area contributed by atoms with E-state index in [1.807, 2.05) is 18.2 Å². The first-order valence-electron chi connectivity index (χ1n) is 11.8. The molecule has 0 saturated heterocycles. The zero-order chi connectivity index (χ0) is 23.9. The van der Waals surface area contributed by atoms with Crippen LogP contribution < -0.4 is 5.32 Å². The van der Waals surface area contributed by atoms with Gasteiger partial charge < -0.3 is 5.32 Å². The number of hydrogen-bond donors (Lipinski definition) is 1. The predicted octanol–water partition coefficient (Wildman–Crippen LogP) is 7.63. The molecule has 2 aromatic carbocycles. The van der Waals surface area contributed by atoms with Crippen molar-refractivity contribution in [1.82, 2.24) is 9.97 Å². The van der Waals surface area contributed by atoms with Crippen molar-refractivity contribution >= 4 is 22.4 Å². The summed E-state index contributed by atoms with van der Waals surface area (Å²) in [6.45, 7) is 4.26. The third kappa shape index (κ3) is 4.56. The molecule has 0 radical (unpaired) electrons. The van der Waals surface area contributed by atoms with Gasteiger partial charge in [0.2, 0.25) is 0 Å². The van der Waals surface area contributed by atoms with E-state index in [1.54, 1.807) is 12.1 Å². The smallest absolute Gasteiger partial charge is 0.324 e. The molecule has 34 heavy (non-hydrogen) atoms. The molecule has 0 amide bonds. The normalized spacial score (nSPS) is 18.9. The average Bonchev–Trinajstić information content (AvgIpc) is 3.64. The van der Waals surface area contributed by atoms with Gasteiger partial charge in [0.1, 0.15) is 11.6 Å². The highest BCUT2D eigenvalue weighted by Gasteiger charge is 2.34. The van der Waals surface area contributed by atoms with E-state index < -0.39 is 11.7 Å². The predicted molar refractivity (Wildman–Crippen MR) is 129 cm³/mol. The lowest BCUT2D eigenvalue weighted by atomic mass is 9.88. The van der Waals surface area contributed by atoms with Crippen LogP contribution in [0.4, 0.5) is 19.0 Å². The quantitative estimate of drug-likeness (QED) is 0.408. The van der Waals surface area contributed by atoms with Gasteiger partial charge in [0.15, 0.2) is 5.82 Å². The molecular weight excluding hydrogens is 437 g/mol. The fraction of sp³-hybridized carbons (Fsp3) is 0.370. The van der Waals surface area contributed by atoms with Gasteiger partial charge in [-0.05, 0) is 68.7 Å². The number of halogens is 3. The number of rotatable bonds is 6. The van der Waals surface area contributed by atoms with Gasteiger partial charge in [-0.2, -0.15) is 13.2 Å². The zero-order valence-electron chi connectivity index (χ0n) is 19.3. The Kier molecular flexibility index (Phi) is 5.88. The van der Waals surface area contributed by atoms with Crippen molar-refractivity contribution < 1.29 is 13.2 Å². The average molecular weight is 465 g/mol. The second kappa shape index (κ2) is 8.85. The summed E-state index contributed by atoms with van der Waals surface area (Å²) in [5.74, 6) is 2.44. The molecular formula is C27H27F3N4. The summed E-state index contributed by atoms with van der Waals surface area (Å²) < 4.78 is 41.1. The van der Waals surface area contributed by atoms with Gasteiger partial charge in [0, 0.05) is 22.6 Å². The molecule has 1 N–H and O–H groups in total. The monoisotopic (exact) mass is 464 g/mol. The lowest BCUT2D eigenvalue weighted by Crippen LogP contribution is -2.22. The minimum absolute atomic E-state index is 0.0387. The van der Waals surface area contributed by atoms with Crippen LogP contribution in [0, 0.1) is 11.8 Å². The Morgan fingerprint density at radius 1 is 1.00 bits per heavy atom. The maximum atomic E-state index is 13.7. The van der Waals surface area contributed by atoms with Gasteiger partial charge in [-0.25, -0.2) is 15.0 Å². The topological polar surface area (TPSA) is 50.2 Å². The molecule has 1 aliphatic carbocycles. The Bertz CT molecular complexity index is 1290. The van der Waals surface area contributed by atoms with Crippen molar-refractivity contribution in [2.75, 3.05) is 5.32 Å². The molecule has 5 rings (SSSR count). The van der Waals surface area contributed by atoms with Gasteiger partial charge in [-0.3, -0.25) is 0 Å². The number of benzene rings is 2. The van der Waals surface area contributed by atoms with Gasteiger partial charge in [0.25, 0.3) is 0 Å². The van der Waals surface area contributed by atoms with E-state index >= 15 is 0 Å². The summed E-state index contributed by atoms with van der Waals surface area (Å²) in [7, 11) is 0. The van der Waals surface area contributed by atoms with Crippen molar-refractivity contribution in [3.63, 3.8) is 0 Å². The van der Waals surface area contributed by atoms with E-state index in [-0.39, 0.29) is 11.4 Å². The third-order valence-corrected chi connectivity index (χ3v) is 6.68. The van der Waals surface area contributed by atoms with E-state index in [0.717, 1.165) is 48.0 Å². The number of alkyl halides is 3. The fourth-order valence-corrected chi connectivity index (χ4v) is 4.59. The molecule has 0 spiro atoms. The molecule has 1 saturated carbocycles. The van der Waals surface area contributed by atoms with Crippen LogP contribution in [0.5, 0.6) is 0 Å². The molecule has 2 heterocycles. The van der Waals surface area contributed by atoms with Crippen LogP contribution in [-0.4, -0.2) is 15.7 Å². The molecule has 1 atom stereocenters. The lowest BCUT2D eigenvalue weighted by molar-refractivity contribution is -0.137. The maximum absolute atomic E-state index is 13.7. The lowest BCUT2D eigenvalue weighted by Gasteiger charge is -2.25. The van der Waals surface area contributed by atoms with Crippen LogP contribution in [0.3, 0.4) is 0 Å². The van der Waals surface area contributed by atoms with Crippen LogP contribution in [-0.2, 0) is 6.18 Å². The molecule has 1 fully saturated rings. The molecule has 7 heteroatoms. The highest BCUT2D eigenvalue weighted by Crippen LogP contribution is 2.39. The van der Waals surface area contributed by atoms with Crippen molar-refractivity contribution in [2.45, 2.75) is 52.1 Å². The van der Waals surface area contributed by atoms with E-state index in [2.05, 4.69) is 29.1 Å². The molecule has 3 aromatic rings. The Labute approximate surface area is 197 Å². The summed E-state index contributed by atoms with van der Waals surface area (Å²) in [6.07, 6.45) is 1.02. The molecule has 4 nitrogen and oxygen atoms in total. The van der Waals surface area contributed by atoms with Crippen molar-refractivity contribution in [2.24, 2.45) is 16.8 Å². The van der Waals surface area contributed by atoms with Crippen LogP contribution in [0.2, 0.25) is 0 Å². The minimum atomic E-state index is -4.50. The van der Waals surface area contributed by atoms with Crippen molar-refractivity contribution in [3.05, 3.63) is 65.5 Å². The Hall–Kier alpha value is -3.22. The van der Waals surface area contributed by atoms with Crippen LogP contribution in [0.25, 0.3) is 22.3 Å². The molecule has 176 valence electrons. The summed E-state index contributed by atoms with van der Waals surface area (Å²) in [4.78, 5) is 14.1. The van der Waals surface area contributed by atoms with E-state index in [9.17, 15) is 13.2 Å². The second-order valence-corrected chi connectivity index (χ2v) is 9.27. The largest absolute Gasteiger partial charge is 0.417 e. The van der Waals surface area contributed by atoms with E-state index in [0.29, 0.717) is 17.3 Å². The maximum Gasteiger partial charge on any atom is 0.417 e. The number of para-hydroxylation sites is 1.